The van der Waals surface area contributed by atoms with E-state index in [9.17, 15) is 39.6 Å². The molecule has 0 aromatic heterocycles. The Hall–Kier alpha value is -1.28. The van der Waals surface area contributed by atoms with Crippen molar-refractivity contribution in [2.45, 2.75) is 61.4 Å². The van der Waals surface area contributed by atoms with Gasteiger partial charge < -0.3 is 14.4 Å². The van der Waals surface area contributed by atoms with Gasteiger partial charge in [-0.3, -0.25) is 0 Å². The van der Waals surface area contributed by atoms with Gasteiger partial charge in [0, 0.05) is 26.2 Å². The van der Waals surface area contributed by atoms with E-state index in [2.05, 4.69) is 4.74 Å². The zero-order valence-corrected chi connectivity index (χ0v) is 18.0. The normalized spacial score (nSPS) is 32.7. The molecule has 4 fully saturated rings. The third kappa shape index (κ3) is 3.75. The van der Waals surface area contributed by atoms with Gasteiger partial charge in [-0.05, 0) is 31.1 Å². The molecule has 2 aliphatic heterocycles. The Kier molecular flexibility index (Phi) is 5.49. The fourth-order valence-electron chi connectivity index (χ4n) is 5.26. The van der Waals surface area contributed by atoms with Gasteiger partial charge in [0.05, 0.1) is 17.0 Å². The summed E-state index contributed by atoms with van der Waals surface area (Å²) in [6.07, 6.45) is -15.9. The summed E-state index contributed by atoms with van der Waals surface area (Å²) in [5, 5.41) is 0. The van der Waals surface area contributed by atoms with Crippen LogP contribution in [0.15, 0.2) is 0 Å². The first kappa shape index (κ1) is 23.9. The molecule has 1 amide bonds. The highest BCUT2D eigenvalue weighted by Crippen LogP contribution is 2.78. The fourth-order valence-corrected chi connectivity index (χ4v) is 8.04. The van der Waals surface area contributed by atoms with Gasteiger partial charge in [0.25, 0.3) is 6.10 Å². The molecule has 0 N–H and O–H groups in total. The third-order valence-electron chi connectivity index (χ3n) is 7.23. The number of halogens is 6. The quantitative estimate of drug-likeness (QED) is 0.562. The van der Waals surface area contributed by atoms with Crippen LogP contribution in [0.5, 0.6) is 0 Å². The molecule has 7 nitrogen and oxygen atoms in total. The van der Waals surface area contributed by atoms with E-state index >= 15 is 0 Å². The lowest BCUT2D eigenvalue weighted by Crippen LogP contribution is -2.60. The average molecular weight is 494 g/mol. The van der Waals surface area contributed by atoms with Crippen LogP contribution in [0.2, 0.25) is 0 Å². The molecule has 4 aliphatic rings. The number of ether oxygens (including phenoxy) is 2. The predicted molar refractivity (Wildman–Crippen MR) is 97.0 cm³/mol. The standard InChI is InChI=1S/C18H24F6N2O5S/c1-2-11-12-9-16(11,12)32(28,29)26-7-8-30-15(10-26)3-5-25(6-4-15)14(27)31-13(17(19,20)21)18(22,23)24/h11-13H,2-10H2,1H3/t11-,12?,16?/m0/s1. The van der Waals surface area contributed by atoms with Gasteiger partial charge in [-0.2, -0.15) is 30.6 Å². The van der Waals surface area contributed by atoms with Crippen molar-refractivity contribution in [1.82, 2.24) is 9.21 Å². The number of amides is 1. The Morgan fingerprint density at radius 2 is 1.72 bits per heavy atom. The van der Waals surface area contributed by atoms with Crippen LogP contribution in [0.3, 0.4) is 0 Å². The number of hydrogen-bond acceptors (Lipinski definition) is 5. The van der Waals surface area contributed by atoms with Crippen molar-refractivity contribution >= 4 is 16.1 Å². The number of morpholine rings is 1. The smallest absolute Gasteiger partial charge is 0.426 e. The first-order valence-electron chi connectivity index (χ1n) is 10.4. The molecule has 2 aliphatic carbocycles. The zero-order valence-electron chi connectivity index (χ0n) is 17.2. The Balaban J connectivity index is 1.37. The summed E-state index contributed by atoms with van der Waals surface area (Å²) < 4.78 is 112. The highest BCUT2D eigenvalue weighted by molar-refractivity contribution is 7.91. The first-order chi connectivity index (χ1) is 14.7. The maximum atomic E-state index is 13.2. The molecule has 0 aromatic carbocycles. The minimum atomic E-state index is -5.79. The van der Waals surface area contributed by atoms with Crippen molar-refractivity contribution < 1.29 is 49.0 Å². The average Bonchev–Trinajstić information content (AvgIpc) is 3.55. The molecule has 184 valence electrons. The van der Waals surface area contributed by atoms with Gasteiger partial charge in [0.15, 0.2) is 0 Å². The number of piperidine rings is 1. The second kappa shape index (κ2) is 7.36. The van der Waals surface area contributed by atoms with E-state index in [1.807, 2.05) is 6.92 Å². The molecule has 0 radical (unpaired) electrons. The number of carbonyl (C=O) groups excluding carboxylic acids is 1. The molecule has 2 saturated heterocycles. The largest absolute Gasteiger partial charge is 0.434 e. The minimum Gasteiger partial charge on any atom is -0.426 e. The summed E-state index contributed by atoms with van der Waals surface area (Å²) in [5.74, 6) is 0.362. The first-order valence-corrected chi connectivity index (χ1v) is 11.8. The number of fused-ring (bicyclic) bond motifs is 1. The van der Waals surface area contributed by atoms with Gasteiger partial charge in [0.2, 0.25) is 10.0 Å². The van der Waals surface area contributed by atoms with Crippen molar-refractivity contribution in [3.05, 3.63) is 0 Å². The topological polar surface area (TPSA) is 76.2 Å². The van der Waals surface area contributed by atoms with E-state index in [1.54, 1.807) is 0 Å². The Morgan fingerprint density at radius 3 is 2.19 bits per heavy atom. The van der Waals surface area contributed by atoms with Crippen LogP contribution >= 0.6 is 0 Å². The van der Waals surface area contributed by atoms with Crippen LogP contribution in [-0.2, 0) is 19.5 Å². The maximum absolute atomic E-state index is 13.2. The summed E-state index contributed by atoms with van der Waals surface area (Å²) in [5.41, 5.74) is -0.937. The van der Waals surface area contributed by atoms with Gasteiger partial charge in [0.1, 0.15) is 0 Å². The second-order valence-corrected chi connectivity index (χ2v) is 11.2. The monoisotopic (exact) mass is 494 g/mol. The van der Waals surface area contributed by atoms with Crippen molar-refractivity contribution in [3.63, 3.8) is 0 Å². The summed E-state index contributed by atoms with van der Waals surface area (Å²) >= 11 is 0. The fraction of sp³-hybridized carbons (Fsp3) is 0.944. The Morgan fingerprint density at radius 1 is 1.12 bits per heavy atom. The van der Waals surface area contributed by atoms with Crippen LogP contribution in [-0.4, -0.2) is 85.3 Å². The molecule has 2 saturated carbocycles. The van der Waals surface area contributed by atoms with Gasteiger partial charge in [-0.1, -0.05) is 13.3 Å². The predicted octanol–water partition coefficient (Wildman–Crippen LogP) is 2.91. The number of likely N-dealkylation sites (tertiary alicyclic amines) is 1. The van der Waals surface area contributed by atoms with Crippen molar-refractivity contribution in [1.29, 1.82) is 0 Å². The van der Waals surface area contributed by atoms with Gasteiger partial charge in [-0.15, -0.1) is 0 Å². The van der Waals surface area contributed by atoms with Crippen LogP contribution in [0.25, 0.3) is 0 Å². The molecule has 2 unspecified atom stereocenters. The number of alkyl halides is 6. The maximum Gasteiger partial charge on any atom is 0.434 e. The summed E-state index contributed by atoms with van der Waals surface area (Å²) in [6.45, 7) is 1.91. The minimum absolute atomic E-state index is 0.0524. The van der Waals surface area contributed by atoms with Crippen LogP contribution in [0.1, 0.15) is 32.6 Å². The molecule has 4 rings (SSSR count). The van der Waals surface area contributed by atoms with Crippen molar-refractivity contribution in [2.24, 2.45) is 11.8 Å². The second-order valence-electron chi connectivity index (χ2n) is 8.98. The van der Waals surface area contributed by atoms with E-state index in [4.69, 9.17) is 4.74 Å². The van der Waals surface area contributed by atoms with Crippen LogP contribution < -0.4 is 0 Å². The van der Waals surface area contributed by atoms with E-state index < -0.39 is 44.9 Å². The van der Waals surface area contributed by atoms with Gasteiger partial charge in [-0.25, -0.2) is 13.2 Å². The summed E-state index contributed by atoms with van der Waals surface area (Å²) in [7, 11) is -3.53. The van der Waals surface area contributed by atoms with E-state index in [1.165, 1.54) is 4.31 Å². The molecule has 14 heteroatoms. The molecule has 32 heavy (non-hydrogen) atoms. The molecule has 0 aromatic rings. The lowest BCUT2D eigenvalue weighted by atomic mass is 9.90. The lowest BCUT2D eigenvalue weighted by Gasteiger charge is -2.47. The summed E-state index contributed by atoms with van der Waals surface area (Å²) in [4.78, 5) is 12.7. The third-order valence-corrected chi connectivity index (χ3v) is 9.95. The van der Waals surface area contributed by atoms with Crippen molar-refractivity contribution in [3.8, 4) is 0 Å². The number of sulfonamides is 1. The van der Waals surface area contributed by atoms with Crippen LogP contribution in [0.4, 0.5) is 31.1 Å². The highest BCUT2D eigenvalue weighted by atomic mass is 32.2. The molecular weight excluding hydrogens is 470 g/mol. The molecule has 0 bridgehead atoms. The van der Waals surface area contributed by atoms with Crippen LogP contribution in [0, 0.1) is 11.8 Å². The van der Waals surface area contributed by atoms with Gasteiger partial charge >= 0.3 is 18.4 Å². The molecular formula is C18H24F6N2O5S. The Bertz CT molecular complexity index is 856. The number of hydrogen-bond donors (Lipinski definition) is 0. The number of rotatable bonds is 4. The zero-order chi connectivity index (χ0) is 23.7. The molecule has 2 heterocycles. The molecule has 3 atom stereocenters. The van der Waals surface area contributed by atoms with E-state index in [0.717, 1.165) is 11.3 Å². The van der Waals surface area contributed by atoms with Crippen molar-refractivity contribution in [2.75, 3.05) is 32.8 Å². The summed E-state index contributed by atoms with van der Waals surface area (Å²) in [6, 6.07) is 0. The SMILES string of the molecule is CC[C@H]1C2CC21S(=O)(=O)N1CCOC2(CCN(C(=O)OC(C(F)(F)F)C(F)(F)F)CC2)C1. The lowest BCUT2D eigenvalue weighted by molar-refractivity contribution is -0.308. The van der Waals surface area contributed by atoms with E-state index in [-0.39, 0.29) is 57.5 Å². The number of nitrogens with zero attached hydrogens (tertiary/aromatic N) is 2. The Labute approximate surface area is 181 Å². The molecule has 1 spiro atoms. The number of carbonyl (C=O) groups is 1. The van der Waals surface area contributed by atoms with E-state index in [0.29, 0.717) is 6.42 Å². The highest BCUT2D eigenvalue weighted by Gasteiger charge is 2.85.